The second kappa shape index (κ2) is 6.47. The molecular weight excluding hydrogens is 288 g/mol. The van der Waals surface area contributed by atoms with Crippen molar-refractivity contribution in [3.8, 4) is 23.3 Å². The maximum Gasteiger partial charge on any atom is 0.283 e. The molecule has 0 aliphatic carbocycles. The minimum atomic E-state index is -1.53. The Morgan fingerprint density at radius 2 is 1.73 bits per heavy atom. The van der Waals surface area contributed by atoms with Crippen molar-refractivity contribution in [2.75, 3.05) is 0 Å². The van der Waals surface area contributed by atoms with E-state index in [1.807, 2.05) is 30.3 Å². The predicted molar refractivity (Wildman–Crippen MR) is 92.1 cm³/mol. The largest absolute Gasteiger partial charge is 0.283 e. The number of hydrogen-bond acceptors (Lipinski definition) is 2. The molecule has 0 amide bonds. The van der Waals surface area contributed by atoms with Crippen LogP contribution in [0.5, 0.6) is 0 Å². The molecule has 0 aliphatic rings. The number of nitrogens with zero attached hydrogens (tertiary/aromatic N) is 2. The van der Waals surface area contributed by atoms with Crippen LogP contribution in [0, 0.1) is 23.3 Å². The average molecular weight is 306 g/mol. The predicted octanol–water partition coefficient (Wildman–Crippen LogP) is 2.41. The fraction of sp³-hybridized carbons (Fsp3) is 0.222. The fourth-order valence-corrected chi connectivity index (χ4v) is 2.17. The van der Waals surface area contributed by atoms with Gasteiger partial charge in [-0.2, -0.15) is 5.10 Å². The summed E-state index contributed by atoms with van der Waals surface area (Å²) in [4.78, 5) is 12.3. The standard InChI is InChI=1S/C18H18N2OSi/c1-20-18(21)17(11-10-15-8-6-5-7-9-15)16(14-19-20)12-13-22(2,3)4/h5-9,14H,1-4H3. The number of aromatic nitrogens is 2. The van der Waals surface area contributed by atoms with Crippen molar-refractivity contribution in [3.63, 3.8) is 0 Å². The Morgan fingerprint density at radius 3 is 2.36 bits per heavy atom. The molecule has 22 heavy (non-hydrogen) atoms. The maximum atomic E-state index is 12.3. The lowest BCUT2D eigenvalue weighted by Gasteiger charge is -2.04. The van der Waals surface area contributed by atoms with Gasteiger partial charge in [-0.05, 0) is 12.1 Å². The van der Waals surface area contributed by atoms with Gasteiger partial charge in [-0.25, -0.2) is 4.68 Å². The quantitative estimate of drug-likeness (QED) is 0.553. The molecule has 0 saturated carbocycles. The number of hydrogen-bond donors (Lipinski definition) is 0. The summed E-state index contributed by atoms with van der Waals surface area (Å²) in [6.45, 7) is 6.47. The molecule has 1 aromatic carbocycles. The lowest BCUT2D eigenvalue weighted by atomic mass is 10.1. The molecule has 0 saturated heterocycles. The first-order valence-electron chi connectivity index (χ1n) is 7.03. The van der Waals surface area contributed by atoms with E-state index in [2.05, 4.69) is 48.0 Å². The highest BCUT2D eigenvalue weighted by Crippen LogP contribution is 2.03. The zero-order valence-corrected chi connectivity index (χ0v) is 14.3. The third-order valence-corrected chi connectivity index (χ3v) is 3.69. The third-order valence-electron chi connectivity index (χ3n) is 2.81. The Morgan fingerprint density at radius 1 is 1.05 bits per heavy atom. The van der Waals surface area contributed by atoms with Crippen molar-refractivity contribution in [2.24, 2.45) is 7.05 Å². The minimum absolute atomic E-state index is 0.217. The monoisotopic (exact) mass is 306 g/mol. The van der Waals surface area contributed by atoms with Crippen molar-refractivity contribution >= 4 is 8.07 Å². The Hall–Kier alpha value is -2.56. The van der Waals surface area contributed by atoms with Crippen LogP contribution in [-0.4, -0.2) is 17.9 Å². The van der Waals surface area contributed by atoms with E-state index in [0.717, 1.165) is 5.56 Å². The first-order chi connectivity index (χ1) is 10.4. The molecule has 0 bridgehead atoms. The van der Waals surface area contributed by atoms with E-state index in [4.69, 9.17) is 0 Å². The zero-order chi connectivity index (χ0) is 16.2. The van der Waals surface area contributed by atoms with Gasteiger partial charge in [-0.3, -0.25) is 4.79 Å². The van der Waals surface area contributed by atoms with Gasteiger partial charge in [0.25, 0.3) is 5.56 Å². The highest BCUT2D eigenvalue weighted by atomic mass is 28.3. The molecule has 0 atom stereocenters. The van der Waals surface area contributed by atoms with E-state index in [0.29, 0.717) is 11.1 Å². The van der Waals surface area contributed by atoms with Crippen LogP contribution in [0.15, 0.2) is 41.3 Å². The van der Waals surface area contributed by atoms with E-state index in [-0.39, 0.29) is 5.56 Å². The van der Waals surface area contributed by atoms with Crippen molar-refractivity contribution < 1.29 is 0 Å². The summed E-state index contributed by atoms with van der Waals surface area (Å²) in [6, 6.07) is 9.58. The number of rotatable bonds is 0. The van der Waals surface area contributed by atoms with Crippen LogP contribution in [0.1, 0.15) is 16.7 Å². The summed E-state index contributed by atoms with van der Waals surface area (Å²) in [5, 5.41) is 4.04. The Balaban J connectivity index is 2.54. The Bertz CT molecular complexity index is 854. The topological polar surface area (TPSA) is 34.9 Å². The van der Waals surface area contributed by atoms with Crippen LogP contribution in [0.2, 0.25) is 19.6 Å². The van der Waals surface area contributed by atoms with Crippen molar-refractivity contribution in [1.29, 1.82) is 0 Å². The van der Waals surface area contributed by atoms with Gasteiger partial charge in [-0.15, -0.1) is 5.54 Å². The molecule has 3 nitrogen and oxygen atoms in total. The lowest BCUT2D eigenvalue weighted by Crippen LogP contribution is -2.23. The van der Waals surface area contributed by atoms with Gasteiger partial charge in [0.05, 0.1) is 11.8 Å². The van der Waals surface area contributed by atoms with Gasteiger partial charge in [-0.1, -0.05) is 55.6 Å². The van der Waals surface area contributed by atoms with Gasteiger partial charge in [0.2, 0.25) is 0 Å². The molecule has 2 aromatic rings. The minimum Gasteiger partial charge on any atom is -0.266 e. The SMILES string of the molecule is Cn1ncc(C#C[Si](C)(C)C)c(C#Cc2ccccc2)c1=O. The van der Waals surface area contributed by atoms with Gasteiger partial charge in [0.15, 0.2) is 0 Å². The second-order valence-electron chi connectivity index (χ2n) is 5.98. The fourth-order valence-electron chi connectivity index (χ4n) is 1.66. The average Bonchev–Trinajstić information content (AvgIpc) is 2.47. The Kier molecular flexibility index (Phi) is 4.65. The molecule has 0 N–H and O–H groups in total. The lowest BCUT2D eigenvalue weighted by molar-refractivity contribution is 0.703. The highest BCUT2D eigenvalue weighted by Gasteiger charge is 2.10. The second-order valence-corrected chi connectivity index (χ2v) is 10.7. The summed E-state index contributed by atoms with van der Waals surface area (Å²) in [5.74, 6) is 9.07. The van der Waals surface area contributed by atoms with Gasteiger partial charge >= 0.3 is 0 Å². The van der Waals surface area contributed by atoms with E-state index < -0.39 is 8.07 Å². The molecule has 2 rings (SSSR count). The molecule has 0 spiro atoms. The Labute approximate surface area is 132 Å². The van der Waals surface area contributed by atoms with Crippen LogP contribution in [-0.2, 0) is 7.05 Å². The van der Waals surface area contributed by atoms with E-state index in [1.54, 1.807) is 13.2 Å². The molecule has 1 aromatic heterocycles. The summed E-state index contributed by atoms with van der Waals surface area (Å²) in [5.41, 5.74) is 4.92. The van der Waals surface area contributed by atoms with E-state index in [1.165, 1.54) is 4.68 Å². The van der Waals surface area contributed by atoms with Crippen LogP contribution in [0.3, 0.4) is 0 Å². The van der Waals surface area contributed by atoms with Gasteiger partial charge < -0.3 is 0 Å². The van der Waals surface area contributed by atoms with Crippen LogP contribution in [0.25, 0.3) is 0 Å². The smallest absolute Gasteiger partial charge is 0.266 e. The number of aryl methyl sites for hydroxylation is 1. The van der Waals surface area contributed by atoms with Crippen LogP contribution < -0.4 is 5.56 Å². The normalized spacial score (nSPS) is 10.2. The molecule has 0 aliphatic heterocycles. The first-order valence-corrected chi connectivity index (χ1v) is 10.5. The summed E-state index contributed by atoms with van der Waals surface area (Å²) < 4.78 is 1.29. The molecule has 0 unspecified atom stereocenters. The third kappa shape index (κ3) is 4.21. The highest BCUT2D eigenvalue weighted by molar-refractivity contribution is 6.83. The molecule has 0 fully saturated rings. The zero-order valence-electron chi connectivity index (χ0n) is 13.3. The summed E-state index contributed by atoms with van der Waals surface area (Å²) in [6.07, 6.45) is 1.61. The van der Waals surface area contributed by atoms with E-state index >= 15 is 0 Å². The van der Waals surface area contributed by atoms with Crippen molar-refractivity contribution in [2.45, 2.75) is 19.6 Å². The first kappa shape index (κ1) is 15.8. The van der Waals surface area contributed by atoms with Crippen LogP contribution >= 0.6 is 0 Å². The molecular formula is C18H18N2OSi. The van der Waals surface area contributed by atoms with Gasteiger partial charge in [0, 0.05) is 12.6 Å². The van der Waals surface area contributed by atoms with Gasteiger partial charge in [0.1, 0.15) is 13.6 Å². The van der Waals surface area contributed by atoms with Crippen molar-refractivity contribution in [1.82, 2.24) is 9.78 Å². The molecule has 4 heteroatoms. The summed E-state index contributed by atoms with van der Waals surface area (Å²) in [7, 11) is 0.0901. The van der Waals surface area contributed by atoms with Crippen molar-refractivity contribution in [3.05, 3.63) is 63.6 Å². The van der Waals surface area contributed by atoms with Crippen LogP contribution in [0.4, 0.5) is 0 Å². The molecule has 110 valence electrons. The number of benzene rings is 1. The molecule has 1 heterocycles. The summed E-state index contributed by atoms with van der Waals surface area (Å²) >= 11 is 0. The van der Waals surface area contributed by atoms with E-state index in [9.17, 15) is 4.79 Å². The molecule has 0 radical (unpaired) electrons. The maximum absolute atomic E-state index is 12.3.